The van der Waals surface area contributed by atoms with Crippen molar-refractivity contribution in [3.63, 3.8) is 0 Å². The van der Waals surface area contributed by atoms with E-state index in [0.717, 1.165) is 18.2 Å². The quantitative estimate of drug-likeness (QED) is 0.229. The largest absolute Gasteiger partial charge is 1.00 e. The van der Waals surface area contributed by atoms with Gasteiger partial charge in [0.25, 0.3) is 0 Å². The summed E-state index contributed by atoms with van der Waals surface area (Å²) in [6, 6.07) is 0. The molecule has 0 aromatic carbocycles. The molecular formula is C21H40KNO4S. The topological polar surface area (TPSA) is 86.3 Å². The van der Waals surface area contributed by atoms with Crippen molar-refractivity contribution < 1.29 is 69.7 Å². The first-order chi connectivity index (χ1) is 13.0. The van der Waals surface area contributed by atoms with Gasteiger partial charge in [-0.3, -0.25) is 0 Å². The van der Waals surface area contributed by atoms with E-state index in [1.165, 1.54) is 83.5 Å². The number of allylic oxidation sites excluding steroid dienone is 1. The SMILES string of the molecule is CCCCCCCCCCCCCCCCC/C=C/S(=O)(=O)NCC(=O)[O-].[K+]. The Morgan fingerprint density at radius 1 is 0.786 bits per heavy atom. The van der Waals surface area contributed by atoms with Crippen LogP contribution in [-0.2, 0) is 14.8 Å². The molecule has 0 bridgehead atoms. The predicted octanol–water partition coefficient (Wildman–Crippen LogP) is 1.43. The first-order valence-corrected chi connectivity index (χ1v) is 12.4. The molecule has 1 N–H and O–H groups in total. The van der Waals surface area contributed by atoms with E-state index in [1.807, 2.05) is 4.72 Å². The van der Waals surface area contributed by atoms with E-state index in [0.29, 0.717) is 6.42 Å². The number of nitrogens with one attached hydrogen (secondary N) is 1. The summed E-state index contributed by atoms with van der Waals surface area (Å²) < 4.78 is 24.7. The maximum atomic E-state index is 11.4. The van der Waals surface area contributed by atoms with Gasteiger partial charge in [0.2, 0.25) is 10.0 Å². The Balaban J connectivity index is 0. The van der Waals surface area contributed by atoms with E-state index in [-0.39, 0.29) is 51.4 Å². The van der Waals surface area contributed by atoms with Gasteiger partial charge in [0.1, 0.15) is 0 Å². The van der Waals surface area contributed by atoms with Gasteiger partial charge in [0.05, 0.1) is 12.5 Å². The van der Waals surface area contributed by atoms with Gasteiger partial charge < -0.3 is 9.90 Å². The third-order valence-corrected chi connectivity index (χ3v) is 5.76. The van der Waals surface area contributed by atoms with E-state index in [1.54, 1.807) is 6.08 Å². The standard InChI is InChI=1S/C21H41NO4S.K/c1-2-3-4-5-6-7-8-9-10-11-12-13-14-15-16-17-18-19-27(25,26)22-20-21(23)24;/h18-19,22H,2-17,20H2,1H3,(H,23,24);/q;+1/p-1/b19-18+;. The van der Waals surface area contributed by atoms with Crippen LogP contribution in [0.4, 0.5) is 0 Å². The molecule has 0 amide bonds. The van der Waals surface area contributed by atoms with E-state index in [4.69, 9.17) is 0 Å². The summed E-state index contributed by atoms with van der Waals surface area (Å²) in [5.41, 5.74) is 0. The maximum Gasteiger partial charge on any atom is 1.00 e. The molecule has 0 heterocycles. The first-order valence-electron chi connectivity index (χ1n) is 10.8. The molecule has 0 rings (SSSR count). The Kier molecular flexibility index (Phi) is 24.8. The number of rotatable bonds is 20. The Bertz CT molecular complexity index is 481. The average Bonchev–Trinajstić information content (AvgIpc) is 2.62. The van der Waals surface area contributed by atoms with Crippen molar-refractivity contribution in [1.82, 2.24) is 4.72 Å². The van der Waals surface area contributed by atoms with E-state index >= 15 is 0 Å². The molecule has 0 aliphatic rings. The van der Waals surface area contributed by atoms with E-state index < -0.39 is 22.5 Å². The van der Waals surface area contributed by atoms with E-state index in [2.05, 4.69) is 6.92 Å². The van der Waals surface area contributed by atoms with Crippen molar-refractivity contribution in [3.05, 3.63) is 11.5 Å². The Labute approximate surface area is 216 Å². The van der Waals surface area contributed by atoms with Crippen LogP contribution >= 0.6 is 0 Å². The number of carbonyl (C=O) groups is 1. The molecule has 0 fully saturated rings. The van der Waals surface area contributed by atoms with Crippen LogP contribution in [0.15, 0.2) is 11.5 Å². The number of hydrogen-bond acceptors (Lipinski definition) is 4. The van der Waals surface area contributed by atoms with Gasteiger partial charge in [-0.1, -0.05) is 103 Å². The monoisotopic (exact) mass is 441 g/mol. The molecule has 5 nitrogen and oxygen atoms in total. The number of unbranched alkanes of at least 4 members (excludes halogenated alkanes) is 15. The first kappa shape index (κ1) is 30.9. The minimum Gasteiger partial charge on any atom is -0.549 e. The molecule has 0 aliphatic heterocycles. The fourth-order valence-corrected chi connectivity index (χ4v) is 3.84. The zero-order valence-corrected chi connectivity index (χ0v) is 22.2. The van der Waals surface area contributed by atoms with Crippen LogP contribution in [0.3, 0.4) is 0 Å². The number of carboxylic acid groups (broad SMARTS) is 1. The van der Waals surface area contributed by atoms with Crippen LogP contribution in [0.2, 0.25) is 0 Å². The van der Waals surface area contributed by atoms with Crippen molar-refractivity contribution in [2.45, 2.75) is 110 Å². The number of carboxylic acids is 1. The second-order valence-electron chi connectivity index (χ2n) is 7.35. The van der Waals surface area contributed by atoms with Gasteiger partial charge in [0, 0.05) is 5.41 Å². The molecule has 0 atom stereocenters. The number of sulfonamides is 1. The molecule has 0 unspecified atom stereocenters. The third-order valence-electron chi connectivity index (χ3n) is 4.67. The molecule has 0 aliphatic carbocycles. The summed E-state index contributed by atoms with van der Waals surface area (Å²) in [6.07, 6.45) is 21.9. The maximum absolute atomic E-state index is 11.4. The summed E-state index contributed by atoms with van der Waals surface area (Å²) in [5.74, 6) is -1.44. The summed E-state index contributed by atoms with van der Waals surface area (Å²) in [7, 11) is -3.65. The molecule has 0 spiro atoms. The second kappa shape index (κ2) is 22.4. The minimum absolute atomic E-state index is 0. The predicted molar refractivity (Wildman–Crippen MR) is 111 cm³/mol. The Morgan fingerprint density at radius 2 is 1.18 bits per heavy atom. The number of carbonyl (C=O) groups excluding carboxylic acids is 1. The molecule has 28 heavy (non-hydrogen) atoms. The molecular weight excluding hydrogens is 401 g/mol. The normalized spacial score (nSPS) is 11.6. The van der Waals surface area contributed by atoms with Crippen LogP contribution in [-0.4, -0.2) is 20.9 Å². The van der Waals surface area contributed by atoms with Crippen LogP contribution < -0.4 is 61.2 Å². The van der Waals surface area contributed by atoms with Crippen LogP contribution in [0.1, 0.15) is 110 Å². The number of hydrogen-bond donors (Lipinski definition) is 1. The minimum atomic E-state index is -3.65. The van der Waals surface area contributed by atoms with Crippen LogP contribution in [0, 0.1) is 0 Å². The zero-order valence-electron chi connectivity index (χ0n) is 18.2. The molecule has 0 saturated heterocycles. The molecule has 7 heteroatoms. The van der Waals surface area contributed by atoms with Crippen molar-refractivity contribution in [2.24, 2.45) is 0 Å². The Hall–Kier alpha value is 0.756. The third kappa shape index (κ3) is 24.8. The molecule has 0 saturated carbocycles. The van der Waals surface area contributed by atoms with Crippen LogP contribution in [0.5, 0.6) is 0 Å². The average molecular weight is 442 g/mol. The van der Waals surface area contributed by atoms with Crippen LogP contribution in [0.25, 0.3) is 0 Å². The smallest absolute Gasteiger partial charge is 0.549 e. The molecule has 0 aromatic heterocycles. The van der Waals surface area contributed by atoms with Crippen molar-refractivity contribution in [2.75, 3.05) is 6.54 Å². The fraction of sp³-hybridized carbons (Fsp3) is 0.857. The molecule has 160 valence electrons. The van der Waals surface area contributed by atoms with Gasteiger partial charge in [-0.05, 0) is 12.8 Å². The van der Waals surface area contributed by atoms with Gasteiger partial charge >= 0.3 is 51.4 Å². The van der Waals surface area contributed by atoms with Gasteiger partial charge in [0.15, 0.2) is 0 Å². The Morgan fingerprint density at radius 3 is 1.57 bits per heavy atom. The second-order valence-corrected chi connectivity index (χ2v) is 9.00. The van der Waals surface area contributed by atoms with Gasteiger partial charge in [-0.25, -0.2) is 13.1 Å². The molecule has 0 radical (unpaired) electrons. The summed E-state index contributed by atoms with van der Waals surface area (Å²) in [6.45, 7) is 1.57. The summed E-state index contributed by atoms with van der Waals surface area (Å²) >= 11 is 0. The zero-order chi connectivity index (χ0) is 20.2. The van der Waals surface area contributed by atoms with Crippen molar-refractivity contribution in [3.8, 4) is 0 Å². The van der Waals surface area contributed by atoms with Crippen molar-refractivity contribution >= 4 is 16.0 Å². The van der Waals surface area contributed by atoms with Crippen molar-refractivity contribution in [1.29, 1.82) is 0 Å². The molecule has 0 aromatic rings. The fourth-order valence-electron chi connectivity index (χ4n) is 3.04. The summed E-state index contributed by atoms with van der Waals surface area (Å²) in [4.78, 5) is 10.2. The van der Waals surface area contributed by atoms with E-state index in [9.17, 15) is 18.3 Å². The van der Waals surface area contributed by atoms with Gasteiger partial charge in [-0.2, -0.15) is 0 Å². The van der Waals surface area contributed by atoms with Gasteiger partial charge in [-0.15, -0.1) is 0 Å². The summed E-state index contributed by atoms with van der Waals surface area (Å²) in [5, 5.41) is 11.3. The number of aliphatic carboxylic acids is 1.